The van der Waals surface area contributed by atoms with Crippen LogP contribution in [0.15, 0.2) is 47.3 Å². The van der Waals surface area contributed by atoms with Crippen molar-refractivity contribution >= 4 is 0 Å². The van der Waals surface area contributed by atoms with E-state index >= 15 is 0 Å². The van der Waals surface area contributed by atoms with E-state index in [1.807, 2.05) is 24.3 Å². The molecule has 1 atom stereocenters. The second kappa shape index (κ2) is 3.23. The van der Waals surface area contributed by atoms with Crippen molar-refractivity contribution in [1.29, 1.82) is 0 Å². The predicted octanol–water partition coefficient (Wildman–Crippen LogP) is 2.03. The lowest BCUT2D eigenvalue weighted by molar-refractivity contribution is 0.224. The summed E-state index contributed by atoms with van der Waals surface area (Å²) in [6.45, 7) is 0.118. The summed E-state index contributed by atoms with van der Waals surface area (Å²) < 4.78 is 5.03. The Hall–Kier alpha value is -1.28. The van der Waals surface area contributed by atoms with Crippen molar-refractivity contribution in [3.05, 3.63) is 48.5 Å². The number of hydrogen-bond donors (Lipinski definition) is 1. The van der Waals surface area contributed by atoms with E-state index in [4.69, 9.17) is 4.42 Å². The van der Waals surface area contributed by atoms with Crippen LogP contribution in [0.3, 0.4) is 0 Å². The zero-order valence-electron chi connectivity index (χ0n) is 7.31. The molecule has 0 aliphatic heterocycles. The van der Waals surface area contributed by atoms with Crippen LogP contribution in [-0.4, -0.2) is 11.7 Å². The standard InChI is InChI=1S/C11H12O2/c12-9-11(5-2-1-3-6-11)10-4-7-13-8-10/h1-5,7-8,12H,6,9H2. The SMILES string of the molecule is OCC1(c2ccoc2)C=CC=CC1. The van der Waals surface area contributed by atoms with E-state index in [1.165, 1.54) is 0 Å². The number of rotatable bonds is 2. The van der Waals surface area contributed by atoms with Crippen LogP contribution in [0.25, 0.3) is 0 Å². The van der Waals surface area contributed by atoms with Gasteiger partial charge < -0.3 is 9.52 Å². The first kappa shape index (κ1) is 8.32. The first-order valence-electron chi connectivity index (χ1n) is 4.35. The highest BCUT2D eigenvalue weighted by molar-refractivity contribution is 5.33. The van der Waals surface area contributed by atoms with Gasteiger partial charge >= 0.3 is 0 Å². The summed E-state index contributed by atoms with van der Waals surface area (Å²) in [7, 11) is 0. The Morgan fingerprint density at radius 2 is 2.38 bits per heavy atom. The summed E-state index contributed by atoms with van der Waals surface area (Å²) in [5.41, 5.74) is 0.775. The van der Waals surface area contributed by atoms with Crippen molar-refractivity contribution in [2.75, 3.05) is 6.61 Å². The van der Waals surface area contributed by atoms with Crippen molar-refractivity contribution in [2.45, 2.75) is 11.8 Å². The maximum absolute atomic E-state index is 9.39. The van der Waals surface area contributed by atoms with Gasteiger partial charge in [-0.1, -0.05) is 24.3 Å². The average molecular weight is 176 g/mol. The Morgan fingerprint density at radius 3 is 2.92 bits per heavy atom. The van der Waals surface area contributed by atoms with Gasteiger partial charge in [-0.25, -0.2) is 0 Å². The van der Waals surface area contributed by atoms with Gasteiger partial charge in [0.2, 0.25) is 0 Å². The smallest absolute Gasteiger partial charge is 0.0944 e. The first-order chi connectivity index (χ1) is 6.37. The van der Waals surface area contributed by atoms with Crippen LogP contribution < -0.4 is 0 Å². The van der Waals surface area contributed by atoms with E-state index in [1.54, 1.807) is 12.5 Å². The van der Waals surface area contributed by atoms with Gasteiger partial charge in [0.1, 0.15) is 0 Å². The summed E-state index contributed by atoms with van der Waals surface area (Å²) in [6, 6.07) is 1.90. The van der Waals surface area contributed by atoms with E-state index < -0.39 is 0 Å². The van der Waals surface area contributed by atoms with Gasteiger partial charge in [-0.05, 0) is 12.5 Å². The maximum Gasteiger partial charge on any atom is 0.0944 e. The van der Waals surface area contributed by atoms with Crippen molar-refractivity contribution in [3.8, 4) is 0 Å². The van der Waals surface area contributed by atoms with Crippen LogP contribution in [-0.2, 0) is 5.41 Å². The van der Waals surface area contributed by atoms with Crippen molar-refractivity contribution in [1.82, 2.24) is 0 Å². The lowest BCUT2D eigenvalue weighted by atomic mass is 9.77. The Morgan fingerprint density at radius 1 is 1.46 bits per heavy atom. The molecule has 0 spiro atoms. The molecule has 68 valence electrons. The van der Waals surface area contributed by atoms with Crippen molar-refractivity contribution in [3.63, 3.8) is 0 Å². The summed E-state index contributed by atoms with van der Waals surface area (Å²) in [5.74, 6) is 0. The molecule has 0 aromatic carbocycles. The highest BCUT2D eigenvalue weighted by Crippen LogP contribution is 2.32. The molecule has 0 saturated heterocycles. The number of aliphatic hydroxyl groups is 1. The number of furan rings is 1. The van der Waals surface area contributed by atoms with Crippen LogP contribution in [0.4, 0.5) is 0 Å². The summed E-state index contributed by atoms with van der Waals surface area (Å²) >= 11 is 0. The minimum atomic E-state index is -0.262. The highest BCUT2D eigenvalue weighted by atomic mass is 16.3. The second-order valence-electron chi connectivity index (χ2n) is 3.32. The predicted molar refractivity (Wildman–Crippen MR) is 50.4 cm³/mol. The lowest BCUT2D eigenvalue weighted by Crippen LogP contribution is -2.27. The molecule has 1 aromatic rings. The summed E-state index contributed by atoms with van der Waals surface area (Å²) in [6.07, 6.45) is 12.2. The van der Waals surface area contributed by atoms with Gasteiger partial charge in [0.15, 0.2) is 0 Å². The molecule has 1 N–H and O–H groups in total. The molecule has 0 radical (unpaired) electrons. The van der Waals surface area contributed by atoms with Crippen molar-refractivity contribution < 1.29 is 9.52 Å². The molecular weight excluding hydrogens is 164 g/mol. The van der Waals surface area contributed by atoms with Gasteiger partial charge in [0.25, 0.3) is 0 Å². The molecule has 2 rings (SSSR count). The van der Waals surface area contributed by atoms with Gasteiger partial charge in [-0.15, -0.1) is 0 Å². The minimum Gasteiger partial charge on any atom is -0.472 e. The zero-order valence-corrected chi connectivity index (χ0v) is 7.31. The zero-order chi connectivity index (χ0) is 9.15. The lowest BCUT2D eigenvalue weighted by Gasteiger charge is -2.27. The van der Waals surface area contributed by atoms with Gasteiger partial charge in [-0.3, -0.25) is 0 Å². The van der Waals surface area contributed by atoms with Crippen LogP contribution >= 0.6 is 0 Å². The fourth-order valence-electron chi connectivity index (χ4n) is 1.64. The quantitative estimate of drug-likeness (QED) is 0.747. The Bertz CT molecular complexity index is 322. The van der Waals surface area contributed by atoms with Crippen LogP contribution in [0.2, 0.25) is 0 Å². The molecule has 1 unspecified atom stereocenters. The number of aliphatic hydroxyl groups excluding tert-OH is 1. The molecule has 1 aliphatic rings. The average Bonchev–Trinajstić information content (AvgIpc) is 2.72. The molecule has 1 heterocycles. The molecule has 0 amide bonds. The molecule has 2 heteroatoms. The van der Waals surface area contributed by atoms with Crippen LogP contribution in [0.1, 0.15) is 12.0 Å². The van der Waals surface area contributed by atoms with E-state index in [2.05, 4.69) is 6.08 Å². The van der Waals surface area contributed by atoms with Crippen LogP contribution in [0, 0.1) is 0 Å². The fourth-order valence-corrected chi connectivity index (χ4v) is 1.64. The van der Waals surface area contributed by atoms with E-state index in [0.717, 1.165) is 12.0 Å². The molecule has 2 nitrogen and oxygen atoms in total. The molecule has 0 fully saturated rings. The molecule has 0 saturated carbocycles. The van der Waals surface area contributed by atoms with E-state index in [9.17, 15) is 5.11 Å². The van der Waals surface area contributed by atoms with Crippen LogP contribution in [0.5, 0.6) is 0 Å². The normalized spacial score (nSPS) is 26.5. The topological polar surface area (TPSA) is 33.4 Å². The third-order valence-electron chi connectivity index (χ3n) is 2.52. The molecule has 13 heavy (non-hydrogen) atoms. The van der Waals surface area contributed by atoms with E-state index in [0.29, 0.717) is 0 Å². The Labute approximate surface area is 77.2 Å². The molecule has 1 aliphatic carbocycles. The van der Waals surface area contributed by atoms with E-state index in [-0.39, 0.29) is 12.0 Å². The minimum absolute atomic E-state index is 0.118. The molecular formula is C11H12O2. The number of allylic oxidation sites excluding steroid dienone is 3. The monoisotopic (exact) mass is 176 g/mol. The van der Waals surface area contributed by atoms with Gasteiger partial charge in [0, 0.05) is 11.0 Å². The van der Waals surface area contributed by atoms with Crippen molar-refractivity contribution in [2.24, 2.45) is 0 Å². The number of hydrogen-bond acceptors (Lipinski definition) is 2. The Balaban J connectivity index is 2.36. The van der Waals surface area contributed by atoms with Gasteiger partial charge in [-0.2, -0.15) is 0 Å². The molecule has 1 aromatic heterocycles. The molecule has 0 bridgehead atoms. The largest absolute Gasteiger partial charge is 0.472 e. The highest BCUT2D eigenvalue weighted by Gasteiger charge is 2.29. The third kappa shape index (κ3) is 1.33. The van der Waals surface area contributed by atoms with Gasteiger partial charge in [0.05, 0.1) is 19.1 Å². The fraction of sp³-hybridized carbons (Fsp3) is 0.273. The maximum atomic E-state index is 9.39. The third-order valence-corrected chi connectivity index (χ3v) is 2.52. The Kier molecular flexibility index (Phi) is 2.07. The second-order valence-corrected chi connectivity index (χ2v) is 3.32. The first-order valence-corrected chi connectivity index (χ1v) is 4.35. The summed E-state index contributed by atoms with van der Waals surface area (Å²) in [4.78, 5) is 0. The summed E-state index contributed by atoms with van der Waals surface area (Å²) in [5, 5.41) is 9.39.